The molecule has 0 spiro atoms. The molecule has 4 nitrogen and oxygen atoms in total. The van der Waals surface area contributed by atoms with Crippen molar-refractivity contribution in [1.82, 2.24) is 4.90 Å². The minimum absolute atomic E-state index is 0.0394. The molecule has 1 N–H and O–H groups in total. The normalized spacial score (nSPS) is 25.0. The van der Waals surface area contributed by atoms with Crippen LogP contribution in [-0.2, 0) is 9.59 Å². The van der Waals surface area contributed by atoms with Gasteiger partial charge in [-0.2, -0.15) is 0 Å². The number of hydrogen-bond donors (Lipinski definition) is 1. The van der Waals surface area contributed by atoms with Crippen LogP contribution < -0.4 is 0 Å². The molecule has 1 rings (SSSR count). The number of hydrogen-bond acceptors (Lipinski definition) is 2. The maximum Gasteiger partial charge on any atom is 0.303 e. The molecule has 0 radical (unpaired) electrons. The molecule has 1 aliphatic rings. The van der Waals surface area contributed by atoms with Crippen molar-refractivity contribution >= 4 is 11.9 Å². The molecule has 1 fully saturated rings. The van der Waals surface area contributed by atoms with Crippen LogP contribution in [0.2, 0.25) is 0 Å². The van der Waals surface area contributed by atoms with Crippen molar-refractivity contribution in [3.05, 3.63) is 0 Å². The van der Waals surface area contributed by atoms with Crippen LogP contribution in [-0.4, -0.2) is 35.0 Å². The van der Waals surface area contributed by atoms with Gasteiger partial charge in [-0.1, -0.05) is 27.7 Å². The third kappa shape index (κ3) is 4.67. The standard InChI is InChI=1S/C14H25NO3/c1-10-5-11(2)9-15(8-10)12(16)6-14(3,4)7-13(17)18/h10-11H,5-9H2,1-4H3,(H,17,18)/t10-,11-/m1/s1. The molecular formula is C14H25NO3. The lowest BCUT2D eigenvalue weighted by atomic mass is 9.84. The number of piperidine rings is 1. The highest BCUT2D eigenvalue weighted by atomic mass is 16.4. The molecule has 1 aliphatic heterocycles. The summed E-state index contributed by atoms with van der Waals surface area (Å²) in [5, 5.41) is 8.83. The van der Waals surface area contributed by atoms with E-state index in [-0.39, 0.29) is 12.3 Å². The van der Waals surface area contributed by atoms with E-state index in [0.29, 0.717) is 18.3 Å². The van der Waals surface area contributed by atoms with Crippen molar-refractivity contribution in [3.63, 3.8) is 0 Å². The largest absolute Gasteiger partial charge is 0.481 e. The summed E-state index contributed by atoms with van der Waals surface area (Å²) in [5.41, 5.74) is -0.465. The zero-order valence-electron chi connectivity index (χ0n) is 11.9. The number of carboxylic acids is 1. The maximum absolute atomic E-state index is 12.2. The minimum Gasteiger partial charge on any atom is -0.481 e. The molecule has 1 amide bonds. The highest BCUT2D eigenvalue weighted by Crippen LogP contribution is 2.28. The quantitative estimate of drug-likeness (QED) is 0.839. The fourth-order valence-electron chi connectivity index (χ4n) is 2.86. The molecule has 1 saturated heterocycles. The molecule has 104 valence electrons. The Hall–Kier alpha value is -1.06. The lowest BCUT2D eigenvalue weighted by Gasteiger charge is -2.36. The van der Waals surface area contributed by atoms with E-state index < -0.39 is 11.4 Å². The Kier molecular flexibility index (Phi) is 4.77. The summed E-state index contributed by atoms with van der Waals surface area (Å²) >= 11 is 0. The molecule has 0 aliphatic carbocycles. The van der Waals surface area contributed by atoms with Crippen molar-refractivity contribution in [2.75, 3.05) is 13.1 Å². The second-order valence-electron chi connectivity index (χ2n) is 6.66. The Labute approximate surface area is 109 Å². The van der Waals surface area contributed by atoms with Crippen LogP contribution in [0.3, 0.4) is 0 Å². The van der Waals surface area contributed by atoms with Crippen LogP contribution in [0.25, 0.3) is 0 Å². The lowest BCUT2D eigenvalue weighted by Crippen LogP contribution is -2.44. The number of rotatable bonds is 4. The van der Waals surface area contributed by atoms with Gasteiger partial charge in [-0.15, -0.1) is 0 Å². The van der Waals surface area contributed by atoms with Gasteiger partial charge < -0.3 is 10.0 Å². The smallest absolute Gasteiger partial charge is 0.303 e. The van der Waals surface area contributed by atoms with Crippen LogP contribution in [0.15, 0.2) is 0 Å². The predicted octanol–water partition coefficient (Wildman–Crippen LogP) is 2.38. The van der Waals surface area contributed by atoms with Crippen molar-refractivity contribution in [2.45, 2.75) is 47.0 Å². The minimum atomic E-state index is -0.840. The average molecular weight is 255 g/mol. The molecule has 0 bridgehead atoms. The van der Waals surface area contributed by atoms with Crippen molar-refractivity contribution < 1.29 is 14.7 Å². The second-order valence-corrected chi connectivity index (χ2v) is 6.66. The Morgan fingerprint density at radius 3 is 2.11 bits per heavy atom. The van der Waals surface area contributed by atoms with E-state index in [0.717, 1.165) is 13.1 Å². The van der Waals surface area contributed by atoms with Crippen LogP contribution in [0.1, 0.15) is 47.0 Å². The molecular weight excluding hydrogens is 230 g/mol. The first-order valence-electron chi connectivity index (χ1n) is 6.69. The molecule has 0 aromatic rings. The molecule has 4 heteroatoms. The molecule has 18 heavy (non-hydrogen) atoms. The Morgan fingerprint density at radius 1 is 1.17 bits per heavy atom. The number of carboxylic acid groups (broad SMARTS) is 1. The first-order valence-corrected chi connectivity index (χ1v) is 6.69. The molecule has 1 heterocycles. The number of carbonyl (C=O) groups is 2. The highest BCUT2D eigenvalue weighted by Gasteiger charge is 2.30. The van der Waals surface area contributed by atoms with Gasteiger partial charge in [-0.05, 0) is 23.7 Å². The van der Waals surface area contributed by atoms with E-state index in [1.165, 1.54) is 6.42 Å². The number of aliphatic carboxylic acids is 1. The number of carbonyl (C=O) groups excluding carboxylic acids is 1. The van der Waals surface area contributed by atoms with Gasteiger partial charge >= 0.3 is 5.97 Å². The van der Waals surface area contributed by atoms with Crippen molar-refractivity contribution in [2.24, 2.45) is 17.3 Å². The van der Waals surface area contributed by atoms with Crippen molar-refractivity contribution in [1.29, 1.82) is 0 Å². The van der Waals surface area contributed by atoms with E-state index in [1.54, 1.807) is 0 Å². The van der Waals surface area contributed by atoms with Crippen LogP contribution in [0.5, 0.6) is 0 Å². The van der Waals surface area contributed by atoms with Crippen molar-refractivity contribution in [3.8, 4) is 0 Å². The molecule has 0 aromatic heterocycles. The topological polar surface area (TPSA) is 57.6 Å². The van der Waals surface area contributed by atoms with Gasteiger partial charge in [0, 0.05) is 19.5 Å². The zero-order chi connectivity index (χ0) is 13.9. The molecule has 0 aromatic carbocycles. The van der Waals surface area contributed by atoms with Gasteiger partial charge in [0.2, 0.25) is 5.91 Å². The molecule has 0 saturated carbocycles. The predicted molar refractivity (Wildman–Crippen MR) is 70.2 cm³/mol. The van der Waals surface area contributed by atoms with Gasteiger partial charge in [0.05, 0.1) is 6.42 Å². The maximum atomic E-state index is 12.2. The first kappa shape index (κ1) is 15.0. The fourth-order valence-corrected chi connectivity index (χ4v) is 2.86. The summed E-state index contributed by atoms with van der Waals surface area (Å²) in [6.45, 7) is 9.64. The van der Waals surface area contributed by atoms with E-state index in [4.69, 9.17) is 5.11 Å². The summed E-state index contributed by atoms with van der Waals surface area (Å²) in [7, 11) is 0. The SMILES string of the molecule is C[C@@H]1C[C@@H](C)CN(C(=O)CC(C)(C)CC(=O)O)C1. The van der Waals surface area contributed by atoms with E-state index in [1.807, 2.05) is 18.7 Å². The van der Waals surface area contributed by atoms with Crippen LogP contribution >= 0.6 is 0 Å². The van der Waals surface area contributed by atoms with Crippen LogP contribution in [0.4, 0.5) is 0 Å². The van der Waals surface area contributed by atoms with Gasteiger partial charge in [-0.25, -0.2) is 0 Å². The first-order chi connectivity index (χ1) is 8.19. The lowest BCUT2D eigenvalue weighted by molar-refractivity contribution is -0.141. The van der Waals surface area contributed by atoms with Crippen LogP contribution in [0, 0.1) is 17.3 Å². The Bertz CT molecular complexity index is 315. The molecule has 0 unspecified atom stereocenters. The third-order valence-corrected chi connectivity index (χ3v) is 3.48. The zero-order valence-corrected chi connectivity index (χ0v) is 11.9. The Balaban J connectivity index is 2.56. The summed E-state index contributed by atoms with van der Waals surface area (Å²) in [5.74, 6) is 0.341. The van der Waals surface area contributed by atoms with Gasteiger partial charge in [-0.3, -0.25) is 9.59 Å². The van der Waals surface area contributed by atoms with Gasteiger partial charge in [0.25, 0.3) is 0 Å². The summed E-state index contributed by atoms with van der Waals surface area (Å²) in [6.07, 6.45) is 1.53. The number of likely N-dealkylation sites (tertiary alicyclic amines) is 1. The summed E-state index contributed by atoms with van der Waals surface area (Å²) in [4.78, 5) is 24.9. The molecule has 2 atom stereocenters. The fraction of sp³-hybridized carbons (Fsp3) is 0.857. The second kappa shape index (κ2) is 5.72. The monoisotopic (exact) mass is 255 g/mol. The summed E-state index contributed by atoms with van der Waals surface area (Å²) < 4.78 is 0. The van der Waals surface area contributed by atoms with Gasteiger partial charge in [0.15, 0.2) is 0 Å². The highest BCUT2D eigenvalue weighted by molar-refractivity contribution is 5.78. The number of nitrogens with zero attached hydrogens (tertiary/aromatic N) is 1. The van der Waals surface area contributed by atoms with E-state index >= 15 is 0 Å². The summed E-state index contributed by atoms with van der Waals surface area (Å²) in [6, 6.07) is 0. The van der Waals surface area contributed by atoms with E-state index in [9.17, 15) is 9.59 Å². The number of amides is 1. The van der Waals surface area contributed by atoms with E-state index in [2.05, 4.69) is 13.8 Å². The third-order valence-electron chi connectivity index (χ3n) is 3.48. The van der Waals surface area contributed by atoms with Gasteiger partial charge in [0.1, 0.15) is 0 Å². The Morgan fingerprint density at radius 2 is 1.67 bits per heavy atom. The average Bonchev–Trinajstić information content (AvgIpc) is 2.12.